The number of nitrogens with zero attached hydrogens (tertiary/aromatic N) is 2. The summed E-state index contributed by atoms with van der Waals surface area (Å²) in [6, 6.07) is 4.35. The lowest BCUT2D eigenvalue weighted by Gasteiger charge is -2.13. The van der Waals surface area contributed by atoms with E-state index < -0.39 is 0 Å². The number of imidazole rings is 1. The molecule has 112 valence electrons. The third kappa shape index (κ3) is 4.01. The van der Waals surface area contributed by atoms with E-state index in [2.05, 4.69) is 10.3 Å². The molecule has 0 aliphatic carbocycles. The number of aromatic nitrogens is 2. The molecule has 1 amide bonds. The lowest BCUT2D eigenvalue weighted by Crippen LogP contribution is -2.22. The van der Waals surface area contributed by atoms with Gasteiger partial charge in [-0.15, -0.1) is 0 Å². The van der Waals surface area contributed by atoms with Crippen LogP contribution in [0.15, 0.2) is 40.6 Å². The summed E-state index contributed by atoms with van der Waals surface area (Å²) in [6.07, 6.45) is 5.39. The number of anilines is 1. The molecule has 0 aliphatic heterocycles. The van der Waals surface area contributed by atoms with E-state index in [1.807, 2.05) is 31.0 Å². The maximum atomic E-state index is 13.5. The van der Waals surface area contributed by atoms with Crippen molar-refractivity contribution in [2.24, 2.45) is 7.05 Å². The first-order valence-corrected chi connectivity index (χ1v) is 8.40. The molecule has 7 heteroatoms. The number of hydrogen-bond acceptors (Lipinski definition) is 4. The van der Waals surface area contributed by atoms with E-state index >= 15 is 0 Å². The second-order valence-electron chi connectivity index (χ2n) is 4.43. The van der Waals surface area contributed by atoms with E-state index in [4.69, 9.17) is 0 Å². The fourth-order valence-corrected chi connectivity index (χ4v) is 2.72. The van der Waals surface area contributed by atoms with Crippen LogP contribution < -0.4 is 5.32 Å². The van der Waals surface area contributed by atoms with Gasteiger partial charge >= 0.3 is 0 Å². The van der Waals surface area contributed by atoms with E-state index in [0.717, 1.165) is 10.1 Å². The first-order chi connectivity index (χ1) is 10.0. The molecule has 0 saturated carbocycles. The van der Waals surface area contributed by atoms with Crippen molar-refractivity contribution < 1.29 is 9.18 Å². The molecule has 1 atom stereocenters. The van der Waals surface area contributed by atoms with Gasteiger partial charge in [-0.25, -0.2) is 9.37 Å². The number of rotatable bonds is 5. The third-order valence-electron chi connectivity index (χ3n) is 2.90. The summed E-state index contributed by atoms with van der Waals surface area (Å²) in [5, 5.41) is 3.35. The predicted octanol–water partition coefficient (Wildman–Crippen LogP) is 3.40. The lowest BCUT2D eigenvalue weighted by molar-refractivity contribution is -0.115. The van der Waals surface area contributed by atoms with Gasteiger partial charge in [-0.1, -0.05) is 0 Å². The van der Waals surface area contributed by atoms with Crippen molar-refractivity contribution in [3.05, 3.63) is 36.4 Å². The average molecular weight is 325 g/mol. The summed E-state index contributed by atoms with van der Waals surface area (Å²) >= 11 is 2.82. The van der Waals surface area contributed by atoms with Crippen LogP contribution >= 0.6 is 23.5 Å². The highest BCUT2D eigenvalue weighted by Crippen LogP contribution is 2.33. The van der Waals surface area contributed by atoms with Gasteiger partial charge in [-0.3, -0.25) is 4.79 Å². The Morgan fingerprint density at radius 3 is 2.86 bits per heavy atom. The van der Waals surface area contributed by atoms with Crippen LogP contribution in [0.3, 0.4) is 0 Å². The van der Waals surface area contributed by atoms with Crippen molar-refractivity contribution >= 4 is 35.1 Å². The molecule has 1 unspecified atom stereocenters. The molecule has 1 N–H and O–H groups in total. The number of halogens is 1. The monoisotopic (exact) mass is 325 g/mol. The van der Waals surface area contributed by atoms with E-state index in [9.17, 15) is 9.18 Å². The molecule has 0 fully saturated rings. The van der Waals surface area contributed by atoms with Crippen LogP contribution in [0, 0.1) is 5.82 Å². The van der Waals surface area contributed by atoms with Crippen LogP contribution in [0.5, 0.6) is 0 Å². The van der Waals surface area contributed by atoms with E-state index in [0.29, 0.717) is 5.69 Å². The number of benzene rings is 1. The normalized spacial score (nSPS) is 12.2. The van der Waals surface area contributed by atoms with Gasteiger partial charge in [0.25, 0.3) is 0 Å². The molecule has 1 heterocycles. The predicted molar refractivity (Wildman–Crippen MR) is 85.3 cm³/mol. The average Bonchev–Trinajstić information content (AvgIpc) is 2.86. The van der Waals surface area contributed by atoms with Crippen LogP contribution in [0.25, 0.3) is 0 Å². The fourth-order valence-electron chi connectivity index (χ4n) is 1.58. The molecule has 0 aliphatic rings. The Kier molecular flexibility index (Phi) is 5.30. The molecule has 0 radical (unpaired) electrons. The van der Waals surface area contributed by atoms with E-state index in [-0.39, 0.29) is 17.0 Å². The van der Waals surface area contributed by atoms with Crippen LogP contribution in [-0.2, 0) is 11.8 Å². The van der Waals surface area contributed by atoms with Crippen molar-refractivity contribution in [1.82, 2.24) is 9.55 Å². The standard InChI is InChI=1S/C14H16FN3OS2/c1-9(20-3)13(19)17-11-8-10(15)4-5-12(11)21-14-16-6-7-18(14)2/h4-9H,1-3H3,(H,17,19). The summed E-state index contributed by atoms with van der Waals surface area (Å²) in [6.45, 7) is 1.81. The number of amides is 1. The Labute approximate surface area is 131 Å². The van der Waals surface area contributed by atoms with Gasteiger partial charge in [-0.2, -0.15) is 11.8 Å². The molecular weight excluding hydrogens is 309 g/mol. The number of aryl methyl sites for hydroxylation is 1. The van der Waals surface area contributed by atoms with Crippen LogP contribution in [0.2, 0.25) is 0 Å². The van der Waals surface area contributed by atoms with Crippen LogP contribution in [0.1, 0.15) is 6.92 Å². The zero-order valence-electron chi connectivity index (χ0n) is 12.0. The molecule has 2 rings (SSSR count). The lowest BCUT2D eigenvalue weighted by atomic mass is 10.3. The Balaban J connectivity index is 2.25. The summed E-state index contributed by atoms with van der Waals surface area (Å²) in [5.41, 5.74) is 0.467. The largest absolute Gasteiger partial charge is 0.329 e. The zero-order chi connectivity index (χ0) is 15.4. The summed E-state index contributed by atoms with van der Waals surface area (Å²) < 4.78 is 15.3. The molecule has 0 spiro atoms. The molecule has 0 bridgehead atoms. The molecule has 1 aromatic heterocycles. The second kappa shape index (κ2) is 7.00. The number of thioether (sulfide) groups is 1. The van der Waals surface area contributed by atoms with Crippen LogP contribution in [0.4, 0.5) is 10.1 Å². The number of carbonyl (C=O) groups excluding carboxylic acids is 1. The maximum Gasteiger partial charge on any atom is 0.237 e. The maximum absolute atomic E-state index is 13.5. The smallest absolute Gasteiger partial charge is 0.237 e. The highest BCUT2D eigenvalue weighted by molar-refractivity contribution is 8.00. The van der Waals surface area contributed by atoms with Crippen molar-refractivity contribution in [3.8, 4) is 0 Å². The number of hydrogen-bond donors (Lipinski definition) is 1. The van der Waals surface area contributed by atoms with Gasteiger partial charge in [0.05, 0.1) is 10.9 Å². The van der Waals surface area contributed by atoms with E-state index in [1.165, 1.54) is 35.7 Å². The van der Waals surface area contributed by atoms with Gasteiger partial charge in [0, 0.05) is 24.3 Å². The highest BCUT2D eigenvalue weighted by Gasteiger charge is 2.15. The molecule has 21 heavy (non-hydrogen) atoms. The first-order valence-electron chi connectivity index (χ1n) is 6.29. The third-order valence-corrected chi connectivity index (χ3v) is 4.97. The van der Waals surface area contributed by atoms with Crippen molar-refractivity contribution in [1.29, 1.82) is 0 Å². The van der Waals surface area contributed by atoms with Crippen molar-refractivity contribution in [2.45, 2.75) is 22.2 Å². The minimum atomic E-state index is -0.383. The minimum absolute atomic E-state index is 0.144. The molecule has 1 aromatic carbocycles. The van der Waals surface area contributed by atoms with Gasteiger partial charge < -0.3 is 9.88 Å². The SMILES string of the molecule is CSC(C)C(=O)Nc1cc(F)ccc1Sc1nccn1C. The Morgan fingerprint density at radius 1 is 1.48 bits per heavy atom. The van der Waals surface area contributed by atoms with Crippen molar-refractivity contribution in [3.63, 3.8) is 0 Å². The van der Waals surface area contributed by atoms with Gasteiger partial charge in [-0.05, 0) is 43.1 Å². The minimum Gasteiger partial charge on any atom is -0.329 e. The van der Waals surface area contributed by atoms with Crippen LogP contribution in [-0.4, -0.2) is 27.0 Å². The fraction of sp³-hybridized carbons (Fsp3) is 0.286. The number of nitrogens with one attached hydrogen (secondary N) is 1. The van der Waals surface area contributed by atoms with Gasteiger partial charge in [0.15, 0.2) is 5.16 Å². The molecular formula is C14H16FN3OS2. The molecule has 4 nitrogen and oxygen atoms in total. The summed E-state index contributed by atoms with van der Waals surface area (Å²) in [5.74, 6) is -0.527. The Bertz CT molecular complexity index is 645. The molecule has 0 saturated heterocycles. The van der Waals surface area contributed by atoms with Gasteiger partial charge in [0.1, 0.15) is 5.82 Å². The second-order valence-corrected chi connectivity index (χ2v) is 6.62. The quantitative estimate of drug-likeness (QED) is 0.915. The first kappa shape index (κ1) is 15.9. The van der Waals surface area contributed by atoms with Crippen molar-refractivity contribution in [2.75, 3.05) is 11.6 Å². The topological polar surface area (TPSA) is 46.9 Å². The molecule has 2 aromatic rings. The Hall–Kier alpha value is -1.47. The summed E-state index contributed by atoms with van der Waals surface area (Å²) in [7, 11) is 1.88. The van der Waals surface area contributed by atoms with Gasteiger partial charge in [0.2, 0.25) is 5.91 Å². The highest BCUT2D eigenvalue weighted by atomic mass is 32.2. The van der Waals surface area contributed by atoms with E-state index in [1.54, 1.807) is 12.3 Å². The zero-order valence-corrected chi connectivity index (χ0v) is 13.6. The number of carbonyl (C=O) groups is 1. The summed E-state index contributed by atoms with van der Waals surface area (Å²) in [4.78, 5) is 17.0. The Morgan fingerprint density at radius 2 is 2.24 bits per heavy atom.